The van der Waals surface area contributed by atoms with Crippen LogP contribution >= 0.6 is 0 Å². The average molecular weight is 243 g/mol. The van der Waals surface area contributed by atoms with Crippen LogP contribution in [0.1, 0.15) is 24.0 Å². The van der Waals surface area contributed by atoms with Crippen LogP contribution in [0.2, 0.25) is 0 Å². The number of benzene rings is 1. The molecule has 96 valence electrons. The predicted molar refractivity (Wildman–Crippen MR) is 73.1 cm³/mol. The second-order valence-electron chi connectivity index (χ2n) is 5.19. The Morgan fingerprint density at radius 2 is 1.94 bits per heavy atom. The maximum absolute atomic E-state index is 8.73. The number of nitrogens with zero attached hydrogens (tertiary/aromatic N) is 2. The van der Waals surface area contributed by atoms with E-state index in [0.29, 0.717) is 0 Å². The standard InChI is InChI=1S/C15H21N3/c1-18-8-6-15(7-9-18)12-17-11-14-4-2-13(10-16)3-5-14/h2-5,15,17H,6-9,11-12H2,1H3. The summed E-state index contributed by atoms with van der Waals surface area (Å²) in [6.45, 7) is 4.46. The van der Waals surface area contributed by atoms with Gasteiger partial charge in [0, 0.05) is 6.54 Å². The van der Waals surface area contributed by atoms with Gasteiger partial charge in [-0.3, -0.25) is 0 Å². The van der Waals surface area contributed by atoms with Crippen molar-refractivity contribution in [3.63, 3.8) is 0 Å². The minimum Gasteiger partial charge on any atom is -0.312 e. The fraction of sp³-hybridized carbons (Fsp3) is 0.533. The normalized spacial score (nSPS) is 17.6. The third-order valence-corrected chi connectivity index (χ3v) is 3.68. The van der Waals surface area contributed by atoms with Crippen molar-refractivity contribution in [2.24, 2.45) is 5.92 Å². The van der Waals surface area contributed by atoms with E-state index in [1.165, 1.54) is 31.5 Å². The summed E-state index contributed by atoms with van der Waals surface area (Å²) in [5.74, 6) is 0.819. The van der Waals surface area contributed by atoms with Crippen LogP contribution < -0.4 is 5.32 Å². The van der Waals surface area contributed by atoms with Gasteiger partial charge in [0.15, 0.2) is 0 Å². The molecule has 1 fully saturated rings. The van der Waals surface area contributed by atoms with Gasteiger partial charge in [-0.15, -0.1) is 0 Å². The molecule has 1 heterocycles. The van der Waals surface area contributed by atoms with Crippen molar-refractivity contribution in [1.82, 2.24) is 10.2 Å². The maximum Gasteiger partial charge on any atom is 0.0991 e. The quantitative estimate of drug-likeness (QED) is 0.879. The smallest absolute Gasteiger partial charge is 0.0991 e. The molecule has 0 amide bonds. The molecule has 0 atom stereocenters. The molecule has 3 heteroatoms. The van der Waals surface area contributed by atoms with Crippen LogP contribution in [0.3, 0.4) is 0 Å². The molecule has 0 radical (unpaired) electrons. The SMILES string of the molecule is CN1CCC(CNCc2ccc(C#N)cc2)CC1. The van der Waals surface area contributed by atoms with E-state index in [9.17, 15) is 0 Å². The largest absolute Gasteiger partial charge is 0.312 e. The zero-order valence-electron chi connectivity index (χ0n) is 11.0. The van der Waals surface area contributed by atoms with Crippen LogP contribution in [0.25, 0.3) is 0 Å². The van der Waals surface area contributed by atoms with Gasteiger partial charge in [-0.05, 0) is 63.1 Å². The molecule has 1 aliphatic rings. The summed E-state index contributed by atoms with van der Waals surface area (Å²) in [4.78, 5) is 2.40. The van der Waals surface area contributed by atoms with Crippen LogP contribution in [0.5, 0.6) is 0 Å². The first kappa shape index (κ1) is 13.1. The molecule has 2 rings (SSSR count). The molecule has 0 saturated carbocycles. The minimum atomic E-state index is 0.731. The van der Waals surface area contributed by atoms with Crippen LogP contribution in [-0.4, -0.2) is 31.6 Å². The fourth-order valence-electron chi connectivity index (χ4n) is 2.38. The van der Waals surface area contributed by atoms with Crippen LogP contribution in [0.4, 0.5) is 0 Å². The summed E-state index contributed by atoms with van der Waals surface area (Å²) >= 11 is 0. The van der Waals surface area contributed by atoms with Gasteiger partial charge < -0.3 is 10.2 Å². The van der Waals surface area contributed by atoms with Crippen molar-refractivity contribution in [3.8, 4) is 6.07 Å². The Bertz CT molecular complexity index is 397. The summed E-state index contributed by atoms with van der Waals surface area (Å²) in [5.41, 5.74) is 1.98. The van der Waals surface area contributed by atoms with Gasteiger partial charge in [0.25, 0.3) is 0 Å². The van der Waals surface area contributed by atoms with E-state index in [1.807, 2.05) is 24.3 Å². The highest BCUT2D eigenvalue weighted by Crippen LogP contribution is 2.14. The Kier molecular flexibility index (Phi) is 4.74. The fourth-order valence-corrected chi connectivity index (χ4v) is 2.38. The Labute approximate surface area is 109 Å². The van der Waals surface area contributed by atoms with Gasteiger partial charge in [-0.25, -0.2) is 0 Å². The molecule has 1 N–H and O–H groups in total. The van der Waals surface area contributed by atoms with E-state index in [1.54, 1.807) is 0 Å². The second-order valence-corrected chi connectivity index (χ2v) is 5.19. The lowest BCUT2D eigenvalue weighted by molar-refractivity contribution is 0.216. The summed E-state index contributed by atoms with van der Waals surface area (Å²) in [6, 6.07) is 9.96. The lowest BCUT2D eigenvalue weighted by Crippen LogP contribution is -2.34. The Morgan fingerprint density at radius 3 is 2.56 bits per heavy atom. The van der Waals surface area contributed by atoms with Crippen molar-refractivity contribution < 1.29 is 0 Å². The van der Waals surface area contributed by atoms with Crippen LogP contribution in [0, 0.1) is 17.2 Å². The third-order valence-electron chi connectivity index (χ3n) is 3.68. The first-order valence-electron chi connectivity index (χ1n) is 6.66. The third kappa shape index (κ3) is 3.83. The predicted octanol–water partition coefficient (Wildman–Crippen LogP) is 1.99. The van der Waals surface area contributed by atoms with Crippen molar-refractivity contribution >= 4 is 0 Å². The highest BCUT2D eigenvalue weighted by atomic mass is 15.1. The summed E-state index contributed by atoms with van der Waals surface area (Å²) in [5, 5.41) is 12.2. The summed E-state index contributed by atoms with van der Waals surface area (Å²) < 4.78 is 0. The number of nitrogens with one attached hydrogen (secondary N) is 1. The molecule has 1 saturated heterocycles. The zero-order chi connectivity index (χ0) is 12.8. The number of hydrogen-bond donors (Lipinski definition) is 1. The van der Waals surface area contributed by atoms with Gasteiger partial charge in [-0.1, -0.05) is 12.1 Å². The van der Waals surface area contributed by atoms with Crippen molar-refractivity contribution in [2.75, 3.05) is 26.7 Å². The Balaban J connectivity index is 1.70. The van der Waals surface area contributed by atoms with Gasteiger partial charge in [-0.2, -0.15) is 5.26 Å². The van der Waals surface area contributed by atoms with Crippen molar-refractivity contribution in [3.05, 3.63) is 35.4 Å². The van der Waals surface area contributed by atoms with Crippen LogP contribution in [0.15, 0.2) is 24.3 Å². The number of nitriles is 1. The first-order chi connectivity index (χ1) is 8.78. The number of hydrogen-bond acceptors (Lipinski definition) is 3. The maximum atomic E-state index is 8.73. The average Bonchev–Trinajstić information content (AvgIpc) is 2.42. The molecule has 0 spiro atoms. The number of rotatable bonds is 4. The molecule has 0 aromatic heterocycles. The molecular formula is C15H21N3. The van der Waals surface area contributed by atoms with E-state index in [0.717, 1.165) is 24.6 Å². The van der Waals surface area contributed by atoms with E-state index < -0.39 is 0 Å². The summed E-state index contributed by atoms with van der Waals surface area (Å²) in [7, 11) is 2.19. The molecule has 1 aromatic rings. The number of likely N-dealkylation sites (tertiary alicyclic amines) is 1. The van der Waals surface area contributed by atoms with Gasteiger partial charge in [0.05, 0.1) is 11.6 Å². The highest BCUT2D eigenvalue weighted by molar-refractivity contribution is 5.31. The zero-order valence-corrected chi connectivity index (χ0v) is 11.0. The first-order valence-corrected chi connectivity index (χ1v) is 6.66. The Hall–Kier alpha value is -1.37. The molecule has 1 aromatic carbocycles. The molecule has 3 nitrogen and oxygen atoms in total. The van der Waals surface area contributed by atoms with Crippen LogP contribution in [-0.2, 0) is 6.54 Å². The number of piperidine rings is 1. The van der Waals surface area contributed by atoms with E-state index in [2.05, 4.69) is 23.3 Å². The molecule has 1 aliphatic heterocycles. The van der Waals surface area contributed by atoms with E-state index in [4.69, 9.17) is 5.26 Å². The lowest BCUT2D eigenvalue weighted by Gasteiger charge is -2.29. The van der Waals surface area contributed by atoms with Gasteiger partial charge >= 0.3 is 0 Å². The monoisotopic (exact) mass is 243 g/mol. The molecule has 18 heavy (non-hydrogen) atoms. The second kappa shape index (κ2) is 6.53. The van der Waals surface area contributed by atoms with Gasteiger partial charge in [0.1, 0.15) is 0 Å². The Morgan fingerprint density at radius 1 is 1.28 bits per heavy atom. The molecule has 0 unspecified atom stereocenters. The van der Waals surface area contributed by atoms with Gasteiger partial charge in [0.2, 0.25) is 0 Å². The van der Waals surface area contributed by atoms with E-state index in [-0.39, 0.29) is 0 Å². The lowest BCUT2D eigenvalue weighted by atomic mass is 9.97. The molecular weight excluding hydrogens is 222 g/mol. The van der Waals surface area contributed by atoms with Crippen molar-refractivity contribution in [1.29, 1.82) is 5.26 Å². The minimum absolute atomic E-state index is 0.731. The highest BCUT2D eigenvalue weighted by Gasteiger charge is 2.15. The van der Waals surface area contributed by atoms with E-state index >= 15 is 0 Å². The van der Waals surface area contributed by atoms with Crippen molar-refractivity contribution in [2.45, 2.75) is 19.4 Å². The summed E-state index contributed by atoms with van der Waals surface area (Å²) in [6.07, 6.45) is 2.60. The molecule has 0 aliphatic carbocycles. The molecule has 0 bridgehead atoms. The topological polar surface area (TPSA) is 39.1 Å².